The number of hydrogen-bond donors (Lipinski definition) is 0. The van der Waals surface area contributed by atoms with Gasteiger partial charge < -0.3 is 9.32 Å². The van der Waals surface area contributed by atoms with E-state index in [1.807, 2.05) is 0 Å². The van der Waals surface area contributed by atoms with Gasteiger partial charge >= 0.3 is 0 Å². The molecule has 0 aliphatic carbocycles. The number of nitrogens with zero attached hydrogens (tertiary/aromatic N) is 1. The van der Waals surface area contributed by atoms with Gasteiger partial charge in [0.2, 0.25) is 0 Å². The molecule has 1 heterocycles. The van der Waals surface area contributed by atoms with Crippen molar-refractivity contribution in [2.24, 2.45) is 0 Å². The maximum Gasteiger partial charge on any atom is 0.143 e. The Balaban J connectivity index is 1.08. The summed E-state index contributed by atoms with van der Waals surface area (Å²) in [5.74, 6) is 0. The number of rotatable bonds is 6. The van der Waals surface area contributed by atoms with E-state index in [1.54, 1.807) is 0 Å². The third kappa shape index (κ3) is 5.26. The molecule has 0 saturated heterocycles. The summed E-state index contributed by atoms with van der Waals surface area (Å²) in [5, 5.41) is 9.63. The third-order valence-electron chi connectivity index (χ3n) is 11.3. The molecular formula is C54H35NO. The number of benzene rings is 10. The van der Waals surface area contributed by atoms with Crippen LogP contribution in [0.1, 0.15) is 0 Å². The van der Waals surface area contributed by atoms with Crippen LogP contribution in [0.15, 0.2) is 217 Å². The fourth-order valence-electron chi connectivity index (χ4n) is 8.65. The lowest BCUT2D eigenvalue weighted by molar-refractivity contribution is 0.673. The zero-order chi connectivity index (χ0) is 37.0. The van der Waals surface area contributed by atoms with Crippen LogP contribution in [0.4, 0.5) is 17.1 Å². The van der Waals surface area contributed by atoms with Crippen molar-refractivity contribution in [3.8, 4) is 33.4 Å². The van der Waals surface area contributed by atoms with Crippen molar-refractivity contribution in [1.82, 2.24) is 0 Å². The highest BCUT2D eigenvalue weighted by molar-refractivity contribution is 6.19. The molecule has 0 saturated carbocycles. The first-order chi connectivity index (χ1) is 27.8. The van der Waals surface area contributed by atoms with Crippen LogP contribution in [0.5, 0.6) is 0 Å². The molecule has 11 rings (SSSR count). The highest BCUT2D eigenvalue weighted by atomic mass is 16.3. The SMILES string of the molecule is c1ccc(-c2ccccc2N(c2ccc(-c3cccc4c3ccc3ccccc34)cc2)c2cccc(-c3cccc4oc5c6ccccc6ccc5c34)c2)cc1. The molecule has 0 amide bonds. The van der Waals surface area contributed by atoms with Crippen LogP contribution in [-0.2, 0) is 0 Å². The molecule has 0 bridgehead atoms. The van der Waals surface area contributed by atoms with Gasteiger partial charge in [0.1, 0.15) is 11.2 Å². The molecule has 0 fully saturated rings. The van der Waals surface area contributed by atoms with Gasteiger partial charge in [-0.25, -0.2) is 0 Å². The van der Waals surface area contributed by atoms with Gasteiger partial charge in [0.15, 0.2) is 0 Å². The van der Waals surface area contributed by atoms with E-state index < -0.39 is 0 Å². The Bertz CT molecular complexity index is 3250. The maximum atomic E-state index is 6.59. The van der Waals surface area contributed by atoms with E-state index in [2.05, 4.69) is 217 Å². The molecule has 0 aliphatic heterocycles. The van der Waals surface area contributed by atoms with E-state index >= 15 is 0 Å². The lowest BCUT2D eigenvalue weighted by Gasteiger charge is -2.28. The molecule has 10 aromatic carbocycles. The van der Waals surface area contributed by atoms with Crippen LogP contribution in [-0.4, -0.2) is 0 Å². The van der Waals surface area contributed by atoms with Crippen molar-refractivity contribution < 1.29 is 4.42 Å². The Labute approximate surface area is 325 Å². The molecular weight excluding hydrogens is 679 g/mol. The van der Waals surface area contributed by atoms with Crippen LogP contribution < -0.4 is 4.90 Å². The minimum atomic E-state index is 0.891. The summed E-state index contributed by atoms with van der Waals surface area (Å²) in [6.07, 6.45) is 0. The van der Waals surface area contributed by atoms with Gasteiger partial charge in [0.05, 0.1) is 5.69 Å². The Morgan fingerprint density at radius 2 is 0.929 bits per heavy atom. The van der Waals surface area contributed by atoms with Crippen molar-refractivity contribution in [3.05, 3.63) is 212 Å². The molecule has 0 aliphatic rings. The summed E-state index contributed by atoms with van der Waals surface area (Å²) in [6, 6.07) is 76.4. The molecule has 2 heteroatoms. The molecule has 1 aromatic heterocycles. The predicted molar refractivity (Wildman–Crippen MR) is 237 cm³/mol. The maximum absolute atomic E-state index is 6.59. The summed E-state index contributed by atoms with van der Waals surface area (Å²) >= 11 is 0. The monoisotopic (exact) mass is 713 g/mol. The second-order valence-electron chi connectivity index (χ2n) is 14.4. The van der Waals surface area contributed by atoms with Gasteiger partial charge in [-0.15, -0.1) is 0 Å². The van der Waals surface area contributed by atoms with Crippen molar-refractivity contribution in [2.45, 2.75) is 0 Å². The molecule has 0 spiro atoms. The van der Waals surface area contributed by atoms with Gasteiger partial charge in [-0.05, 0) is 97.2 Å². The minimum Gasteiger partial charge on any atom is -0.455 e. The van der Waals surface area contributed by atoms with Crippen molar-refractivity contribution in [2.75, 3.05) is 4.90 Å². The average Bonchev–Trinajstić information content (AvgIpc) is 3.67. The Kier molecular flexibility index (Phi) is 7.53. The zero-order valence-electron chi connectivity index (χ0n) is 30.6. The Morgan fingerprint density at radius 1 is 0.321 bits per heavy atom. The van der Waals surface area contributed by atoms with Crippen molar-refractivity contribution in [1.29, 1.82) is 0 Å². The van der Waals surface area contributed by atoms with E-state index in [9.17, 15) is 0 Å². The molecule has 2 nitrogen and oxygen atoms in total. The van der Waals surface area contributed by atoms with Gasteiger partial charge in [-0.1, -0.05) is 170 Å². The highest BCUT2D eigenvalue weighted by Crippen LogP contribution is 2.45. The van der Waals surface area contributed by atoms with Crippen molar-refractivity contribution >= 4 is 71.3 Å². The lowest BCUT2D eigenvalue weighted by Crippen LogP contribution is -2.11. The summed E-state index contributed by atoms with van der Waals surface area (Å²) < 4.78 is 6.59. The molecule has 0 radical (unpaired) electrons. The van der Waals surface area contributed by atoms with Crippen molar-refractivity contribution in [3.63, 3.8) is 0 Å². The molecule has 11 aromatic rings. The van der Waals surface area contributed by atoms with E-state index in [0.717, 1.165) is 55.5 Å². The molecule has 0 atom stereocenters. The fourth-order valence-corrected chi connectivity index (χ4v) is 8.65. The van der Waals surface area contributed by atoms with E-state index in [1.165, 1.54) is 49.2 Å². The number of hydrogen-bond acceptors (Lipinski definition) is 2. The van der Waals surface area contributed by atoms with E-state index in [4.69, 9.17) is 4.42 Å². The Hall–Kier alpha value is -7.42. The lowest BCUT2D eigenvalue weighted by atomic mass is 9.94. The first-order valence-electron chi connectivity index (χ1n) is 19.2. The van der Waals surface area contributed by atoms with Gasteiger partial charge in [-0.2, -0.15) is 0 Å². The van der Waals surface area contributed by atoms with Crippen LogP contribution in [0, 0.1) is 0 Å². The summed E-state index contributed by atoms with van der Waals surface area (Å²) in [4.78, 5) is 2.40. The summed E-state index contributed by atoms with van der Waals surface area (Å²) in [6.45, 7) is 0. The molecule has 0 N–H and O–H groups in total. The van der Waals surface area contributed by atoms with E-state index in [0.29, 0.717) is 0 Å². The zero-order valence-corrected chi connectivity index (χ0v) is 30.6. The largest absolute Gasteiger partial charge is 0.455 e. The Morgan fingerprint density at radius 3 is 1.79 bits per heavy atom. The number of para-hydroxylation sites is 1. The fraction of sp³-hybridized carbons (Fsp3) is 0. The number of anilines is 3. The normalized spacial score (nSPS) is 11.6. The highest BCUT2D eigenvalue weighted by Gasteiger charge is 2.20. The second kappa shape index (κ2) is 13.2. The van der Waals surface area contributed by atoms with Crippen LogP contribution in [0.2, 0.25) is 0 Å². The topological polar surface area (TPSA) is 16.4 Å². The van der Waals surface area contributed by atoms with Crippen LogP contribution >= 0.6 is 0 Å². The summed E-state index contributed by atoms with van der Waals surface area (Å²) in [7, 11) is 0. The van der Waals surface area contributed by atoms with Crippen LogP contribution in [0.25, 0.3) is 87.6 Å². The third-order valence-corrected chi connectivity index (χ3v) is 11.3. The van der Waals surface area contributed by atoms with Gasteiger partial charge in [-0.3, -0.25) is 0 Å². The first kappa shape index (κ1) is 32.0. The molecule has 262 valence electrons. The first-order valence-corrected chi connectivity index (χ1v) is 19.2. The summed E-state index contributed by atoms with van der Waals surface area (Å²) in [5.41, 5.74) is 12.1. The number of furan rings is 1. The standard InChI is InChI=1S/C54H35NO/c1-2-13-36(14-3-1)45-20-8-9-25-51(45)55(41-31-27-39(28-32-41)44-22-11-24-48-43-19-6-4-15-37(43)29-33-49(44)48)42-18-10-17-40(35-42)46-23-12-26-52-53(46)50-34-30-38-16-5-7-21-47(38)54(50)56-52/h1-35H. The second-order valence-corrected chi connectivity index (χ2v) is 14.4. The quantitative estimate of drug-likeness (QED) is 0.160. The molecule has 0 unspecified atom stereocenters. The van der Waals surface area contributed by atoms with E-state index in [-0.39, 0.29) is 0 Å². The molecule has 56 heavy (non-hydrogen) atoms. The van der Waals surface area contributed by atoms with Crippen LogP contribution in [0.3, 0.4) is 0 Å². The minimum absolute atomic E-state index is 0.891. The van der Waals surface area contributed by atoms with Gasteiger partial charge in [0, 0.05) is 33.1 Å². The predicted octanol–water partition coefficient (Wildman–Crippen LogP) is 15.5. The number of fused-ring (bicyclic) bond motifs is 8. The average molecular weight is 714 g/mol. The van der Waals surface area contributed by atoms with Gasteiger partial charge in [0.25, 0.3) is 0 Å². The smallest absolute Gasteiger partial charge is 0.143 e.